The Balaban J connectivity index is 2.45. The highest BCUT2D eigenvalue weighted by Gasteiger charge is 2.21. The largest absolute Gasteiger partial charge is 0.481 e. The lowest BCUT2D eigenvalue weighted by molar-refractivity contribution is -0.137. The molecule has 1 aromatic rings. The molecule has 0 saturated heterocycles. The highest BCUT2D eigenvalue weighted by Crippen LogP contribution is 2.22. The van der Waals surface area contributed by atoms with Gasteiger partial charge in [0, 0.05) is 16.8 Å². The van der Waals surface area contributed by atoms with E-state index in [1.807, 2.05) is 26.0 Å². The molecule has 0 radical (unpaired) electrons. The Morgan fingerprint density at radius 3 is 2.61 bits per heavy atom. The van der Waals surface area contributed by atoms with Crippen LogP contribution in [0.25, 0.3) is 0 Å². The van der Waals surface area contributed by atoms with Crippen LogP contribution in [0.1, 0.15) is 31.6 Å². The van der Waals surface area contributed by atoms with Gasteiger partial charge in [0.1, 0.15) is 0 Å². The molecule has 0 saturated carbocycles. The summed E-state index contributed by atoms with van der Waals surface area (Å²) < 4.78 is 0.996. The molecule has 1 heterocycles. The molecule has 0 aliphatic carbocycles. The van der Waals surface area contributed by atoms with E-state index in [1.165, 1.54) is 11.3 Å². The van der Waals surface area contributed by atoms with Crippen molar-refractivity contribution >= 4 is 39.1 Å². The van der Waals surface area contributed by atoms with Gasteiger partial charge in [-0.2, -0.15) is 0 Å². The first-order valence-electron chi connectivity index (χ1n) is 5.55. The van der Waals surface area contributed by atoms with Gasteiger partial charge in [-0.1, -0.05) is 0 Å². The predicted octanol–water partition coefficient (Wildman–Crippen LogP) is 2.81. The van der Waals surface area contributed by atoms with Gasteiger partial charge in [0.2, 0.25) is 5.91 Å². The number of carbonyl (C=O) groups excluding carboxylic acids is 1. The molecule has 0 unspecified atom stereocenters. The molecule has 1 aromatic heterocycles. The number of aliphatic carboxylic acids is 1. The summed E-state index contributed by atoms with van der Waals surface area (Å²) in [6.45, 7) is 3.66. The van der Waals surface area contributed by atoms with Crippen LogP contribution in [-0.2, 0) is 16.0 Å². The molecule has 1 amide bonds. The summed E-state index contributed by atoms with van der Waals surface area (Å²) in [4.78, 5) is 23.3. The minimum Gasteiger partial charge on any atom is -0.481 e. The lowest BCUT2D eigenvalue weighted by Crippen LogP contribution is -2.44. The summed E-state index contributed by atoms with van der Waals surface area (Å²) in [6, 6.07) is 3.81. The van der Waals surface area contributed by atoms with E-state index in [1.54, 1.807) is 0 Å². The number of hydrogen-bond donors (Lipinski definition) is 2. The van der Waals surface area contributed by atoms with E-state index in [0.717, 1.165) is 8.66 Å². The van der Waals surface area contributed by atoms with Crippen molar-refractivity contribution < 1.29 is 14.7 Å². The maximum absolute atomic E-state index is 11.8. The van der Waals surface area contributed by atoms with E-state index in [4.69, 9.17) is 5.11 Å². The minimum atomic E-state index is -0.848. The maximum atomic E-state index is 11.8. The highest BCUT2D eigenvalue weighted by molar-refractivity contribution is 9.11. The first-order chi connectivity index (χ1) is 8.28. The highest BCUT2D eigenvalue weighted by atomic mass is 79.9. The lowest BCUT2D eigenvalue weighted by Gasteiger charge is -2.25. The summed E-state index contributed by atoms with van der Waals surface area (Å²) in [5.74, 6) is -0.931. The average molecular weight is 334 g/mol. The number of carbonyl (C=O) groups is 2. The van der Waals surface area contributed by atoms with Crippen LogP contribution in [-0.4, -0.2) is 22.5 Å². The van der Waals surface area contributed by atoms with E-state index >= 15 is 0 Å². The number of hydrogen-bond acceptors (Lipinski definition) is 3. The number of carboxylic acids is 1. The minimum absolute atomic E-state index is 0.0534. The second kappa shape index (κ2) is 6.33. The van der Waals surface area contributed by atoms with Gasteiger partial charge >= 0.3 is 5.97 Å². The smallest absolute Gasteiger partial charge is 0.303 e. The molecule has 100 valence electrons. The molecule has 0 bridgehead atoms. The normalized spacial score (nSPS) is 11.3. The molecular weight excluding hydrogens is 318 g/mol. The number of nitrogens with one attached hydrogen (secondary N) is 1. The molecule has 1 rings (SSSR count). The third kappa shape index (κ3) is 5.64. The summed E-state index contributed by atoms with van der Waals surface area (Å²) >= 11 is 4.87. The Labute approximate surface area is 119 Å². The molecule has 2 N–H and O–H groups in total. The van der Waals surface area contributed by atoms with Crippen molar-refractivity contribution in [3.8, 4) is 0 Å². The van der Waals surface area contributed by atoms with Crippen LogP contribution in [0.3, 0.4) is 0 Å². The van der Waals surface area contributed by atoms with Crippen LogP contribution in [0.4, 0.5) is 0 Å². The molecular formula is C12H16BrNO3S. The topological polar surface area (TPSA) is 66.4 Å². The Hall–Kier alpha value is -0.880. The van der Waals surface area contributed by atoms with Gasteiger partial charge < -0.3 is 10.4 Å². The fraction of sp³-hybridized carbons (Fsp3) is 0.500. The number of carboxylic acid groups (broad SMARTS) is 1. The summed E-state index contributed by atoms with van der Waals surface area (Å²) in [6.07, 6.45) is 0.798. The van der Waals surface area contributed by atoms with Crippen LogP contribution in [0.5, 0.6) is 0 Å². The number of halogens is 1. The fourth-order valence-corrected chi connectivity index (χ4v) is 2.99. The molecule has 0 atom stereocenters. The van der Waals surface area contributed by atoms with E-state index in [2.05, 4.69) is 21.2 Å². The third-order valence-corrected chi connectivity index (χ3v) is 4.03. The fourth-order valence-electron chi connectivity index (χ4n) is 1.51. The van der Waals surface area contributed by atoms with E-state index in [9.17, 15) is 9.59 Å². The molecule has 6 heteroatoms. The van der Waals surface area contributed by atoms with Crippen molar-refractivity contribution in [1.82, 2.24) is 5.32 Å². The molecule has 0 aliphatic heterocycles. The zero-order valence-corrected chi connectivity index (χ0v) is 12.7. The summed E-state index contributed by atoms with van der Waals surface area (Å²) in [5.41, 5.74) is -0.496. The number of amides is 1. The van der Waals surface area contributed by atoms with E-state index in [0.29, 0.717) is 12.8 Å². The van der Waals surface area contributed by atoms with E-state index < -0.39 is 11.5 Å². The second-order valence-corrected chi connectivity index (χ2v) is 7.26. The predicted molar refractivity (Wildman–Crippen MR) is 74.8 cm³/mol. The molecule has 0 aromatic carbocycles. The Kier molecular flexibility index (Phi) is 5.34. The molecule has 0 spiro atoms. The first-order valence-corrected chi connectivity index (χ1v) is 7.16. The molecule has 18 heavy (non-hydrogen) atoms. The maximum Gasteiger partial charge on any atom is 0.303 e. The van der Waals surface area contributed by atoms with Crippen LogP contribution in [0.15, 0.2) is 15.9 Å². The van der Waals surface area contributed by atoms with Gasteiger partial charge in [-0.05, 0) is 48.3 Å². The van der Waals surface area contributed by atoms with Gasteiger partial charge in [-0.15, -0.1) is 11.3 Å². The third-order valence-electron chi connectivity index (χ3n) is 2.41. The van der Waals surface area contributed by atoms with Crippen molar-refractivity contribution in [2.45, 2.75) is 38.6 Å². The Morgan fingerprint density at radius 1 is 1.44 bits per heavy atom. The Morgan fingerprint density at radius 2 is 2.11 bits per heavy atom. The second-order valence-electron chi connectivity index (χ2n) is 4.71. The average Bonchev–Trinajstić information content (AvgIpc) is 2.60. The monoisotopic (exact) mass is 333 g/mol. The van der Waals surface area contributed by atoms with Gasteiger partial charge in [0.25, 0.3) is 0 Å². The van der Waals surface area contributed by atoms with Crippen molar-refractivity contribution in [2.75, 3.05) is 0 Å². The van der Waals surface area contributed by atoms with Crippen LogP contribution >= 0.6 is 27.3 Å². The van der Waals surface area contributed by atoms with Gasteiger partial charge in [0.05, 0.1) is 10.2 Å². The number of rotatable bonds is 6. The lowest BCUT2D eigenvalue weighted by atomic mass is 9.98. The molecule has 0 fully saturated rings. The zero-order chi connectivity index (χ0) is 13.8. The van der Waals surface area contributed by atoms with Crippen LogP contribution in [0, 0.1) is 0 Å². The standard InChI is InChI=1S/C12H16BrNO3S/c1-12(2,6-5-11(16)17)14-10(15)7-8-3-4-9(13)18-8/h3-4H,5-7H2,1-2H3,(H,14,15)(H,16,17). The Bertz CT molecular complexity index is 442. The van der Waals surface area contributed by atoms with Crippen LogP contribution < -0.4 is 5.32 Å². The van der Waals surface area contributed by atoms with Crippen molar-refractivity contribution in [3.63, 3.8) is 0 Å². The van der Waals surface area contributed by atoms with Crippen molar-refractivity contribution in [1.29, 1.82) is 0 Å². The number of thiophene rings is 1. The van der Waals surface area contributed by atoms with Gasteiger partial charge in [-0.3, -0.25) is 9.59 Å². The van der Waals surface area contributed by atoms with E-state index in [-0.39, 0.29) is 12.3 Å². The molecule has 0 aliphatic rings. The van der Waals surface area contributed by atoms with Gasteiger partial charge in [0.15, 0.2) is 0 Å². The van der Waals surface area contributed by atoms with Crippen LogP contribution in [0.2, 0.25) is 0 Å². The summed E-state index contributed by atoms with van der Waals surface area (Å²) in [5, 5.41) is 11.5. The molecule has 4 nitrogen and oxygen atoms in total. The quantitative estimate of drug-likeness (QED) is 0.841. The van der Waals surface area contributed by atoms with Gasteiger partial charge in [-0.25, -0.2) is 0 Å². The van der Waals surface area contributed by atoms with Crippen molar-refractivity contribution in [2.24, 2.45) is 0 Å². The zero-order valence-electron chi connectivity index (χ0n) is 10.3. The SMILES string of the molecule is CC(C)(CCC(=O)O)NC(=O)Cc1ccc(Br)s1. The summed E-state index contributed by atoms with van der Waals surface area (Å²) in [7, 11) is 0. The van der Waals surface area contributed by atoms with Crippen molar-refractivity contribution in [3.05, 3.63) is 20.8 Å². The first kappa shape index (κ1) is 15.2.